The van der Waals surface area contributed by atoms with Gasteiger partial charge in [0.05, 0.1) is 21.0 Å². The molecule has 2 unspecified atom stereocenters. The molecule has 6 rings (SSSR count). The first-order valence-electron chi connectivity index (χ1n) is 14.7. The Morgan fingerprint density at radius 2 is 1.09 bits per heavy atom. The zero-order chi connectivity index (χ0) is 33.3. The Bertz CT molecular complexity index is 1860. The summed E-state index contributed by atoms with van der Waals surface area (Å²) in [7, 11) is 0. The molecule has 5 aromatic carbocycles. The van der Waals surface area contributed by atoms with Crippen molar-refractivity contribution in [2.75, 3.05) is 0 Å². The first-order valence-corrected chi connectivity index (χ1v) is 14.7. The minimum Gasteiger partial charge on any atom is -0.508 e. The van der Waals surface area contributed by atoms with Gasteiger partial charge in [-0.3, -0.25) is 20.2 Å². The van der Waals surface area contributed by atoms with Gasteiger partial charge >= 0.3 is 0 Å². The molecule has 10 nitrogen and oxygen atoms in total. The van der Waals surface area contributed by atoms with Crippen LogP contribution >= 0.6 is 0 Å². The minimum atomic E-state index is -1.75. The molecule has 1 aliphatic rings. The highest BCUT2D eigenvalue weighted by molar-refractivity contribution is 5.49. The van der Waals surface area contributed by atoms with Crippen molar-refractivity contribution in [3.63, 3.8) is 0 Å². The third-order valence-corrected chi connectivity index (χ3v) is 8.00. The highest BCUT2D eigenvalue weighted by Gasteiger charge is 2.54. The average Bonchev–Trinajstić information content (AvgIpc) is 3.47. The molecule has 1 aliphatic heterocycles. The fourth-order valence-electron chi connectivity index (χ4n) is 5.67. The molecule has 1 fully saturated rings. The van der Waals surface area contributed by atoms with Gasteiger partial charge in [0.15, 0.2) is 0 Å². The Morgan fingerprint density at radius 3 is 1.51 bits per heavy atom. The summed E-state index contributed by atoms with van der Waals surface area (Å²) in [4.78, 5) is 23.3. The van der Waals surface area contributed by atoms with E-state index in [4.69, 9.17) is 14.2 Å². The van der Waals surface area contributed by atoms with Crippen LogP contribution in [-0.4, -0.2) is 15.0 Å². The molecule has 0 bridgehead atoms. The van der Waals surface area contributed by atoms with Crippen LogP contribution in [0.5, 0.6) is 17.2 Å². The van der Waals surface area contributed by atoms with E-state index >= 15 is 0 Å². The normalized spacial score (nSPS) is 19.3. The Labute approximate surface area is 268 Å². The second-order valence-electron chi connectivity index (χ2n) is 11.5. The number of phenolic OH excluding ortho intramolecular Hbond substituents is 1. The summed E-state index contributed by atoms with van der Waals surface area (Å²) in [6.07, 6.45) is -2.36. The number of aromatic hydroxyl groups is 1. The summed E-state index contributed by atoms with van der Waals surface area (Å²) in [5.41, 5.74) is -0.517. The molecule has 0 radical (unpaired) electrons. The lowest BCUT2D eigenvalue weighted by Crippen LogP contribution is -2.29. The number of ether oxygens (including phenoxy) is 3. The number of nitro benzene ring substituents is 2. The van der Waals surface area contributed by atoms with E-state index in [2.05, 4.69) is 0 Å². The molecule has 11 heteroatoms. The SMILES string of the molecule is CC(C)(F)c1ccc(C2(c3ccc(Oc4ccc(O)cc4)cc3)OC(c3ccccc3[N+](=O)[O-])C(c3ccccc3[N+](=O)[O-])O2)cc1. The summed E-state index contributed by atoms with van der Waals surface area (Å²) < 4.78 is 34.4. The molecule has 0 aliphatic carbocycles. The lowest BCUT2D eigenvalue weighted by molar-refractivity contribution is -0.387. The van der Waals surface area contributed by atoms with Crippen LogP contribution < -0.4 is 4.74 Å². The average molecular weight is 637 g/mol. The Kier molecular flexibility index (Phi) is 8.18. The van der Waals surface area contributed by atoms with Gasteiger partial charge in [-0.25, -0.2) is 4.39 Å². The van der Waals surface area contributed by atoms with Gasteiger partial charge in [0.1, 0.15) is 35.1 Å². The van der Waals surface area contributed by atoms with Crippen molar-refractivity contribution in [3.05, 3.63) is 169 Å². The Balaban J connectivity index is 1.52. The smallest absolute Gasteiger partial charge is 0.275 e. The van der Waals surface area contributed by atoms with Gasteiger partial charge in [-0.2, -0.15) is 0 Å². The number of rotatable bonds is 9. The summed E-state index contributed by atoms with van der Waals surface area (Å²) in [5.74, 6) is -0.726. The predicted octanol–water partition coefficient (Wildman–Crippen LogP) is 8.94. The molecule has 1 saturated heterocycles. The van der Waals surface area contributed by atoms with Crippen LogP contribution in [0.2, 0.25) is 0 Å². The standard InChI is InChI=1S/C36H29FN2O8/c1-35(2,37)23-11-13-24(14-12-23)36(25-15-19-27(20-16-25)45-28-21-17-26(40)18-22-28)46-33(29-7-3-5-9-31(29)38(41)42)34(47-36)30-8-4-6-10-32(30)39(43)44/h3-22,33-34,40H,1-2H3. The van der Waals surface area contributed by atoms with Crippen LogP contribution in [0.3, 0.4) is 0 Å². The number of nitrogens with zero attached hydrogens (tertiary/aromatic N) is 2. The van der Waals surface area contributed by atoms with Crippen molar-refractivity contribution in [1.82, 2.24) is 0 Å². The van der Waals surface area contributed by atoms with Crippen molar-refractivity contribution in [3.8, 4) is 17.2 Å². The fraction of sp³-hybridized carbons (Fsp3) is 0.167. The monoisotopic (exact) mass is 636 g/mol. The van der Waals surface area contributed by atoms with Crippen molar-refractivity contribution in [2.24, 2.45) is 0 Å². The van der Waals surface area contributed by atoms with E-state index in [1.807, 2.05) is 0 Å². The number of phenols is 1. The van der Waals surface area contributed by atoms with Gasteiger partial charge < -0.3 is 19.3 Å². The van der Waals surface area contributed by atoms with E-state index in [1.165, 1.54) is 62.4 Å². The van der Waals surface area contributed by atoms with Crippen LogP contribution in [0.25, 0.3) is 0 Å². The highest BCUT2D eigenvalue weighted by Crippen LogP contribution is 2.56. The second kappa shape index (κ2) is 12.3. The minimum absolute atomic E-state index is 0.0914. The van der Waals surface area contributed by atoms with Crippen molar-refractivity contribution >= 4 is 11.4 Å². The van der Waals surface area contributed by atoms with Gasteiger partial charge in [-0.1, -0.05) is 48.5 Å². The zero-order valence-electron chi connectivity index (χ0n) is 25.3. The molecule has 47 heavy (non-hydrogen) atoms. The van der Waals surface area contributed by atoms with E-state index in [-0.39, 0.29) is 28.3 Å². The second-order valence-corrected chi connectivity index (χ2v) is 11.5. The third-order valence-electron chi connectivity index (χ3n) is 8.00. The Morgan fingerprint density at radius 1 is 0.681 bits per heavy atom. The van der Waals surface area contributed by atoms with Gasteiger partial charge in [0.2, 0.25) is 5.79 Å². The first kappa shape index (κ1) is 31.3. The number of benzene rings is 5. The number of nitro groups is 2. The predicted molar refractivity (Wildman–Crippen MR) is 170 cm³/mol. The molecule has 0 amide bonds. The van der Waals surface area contributed by atoms with E-state index in [9.17, 15) is 29.7 Å². The van der Waals surface area contributed by atoms with E-state index < -0.39 is 33.5 Å². The molecule has 0 saturated carbocycles. The maximum Gasteiger partial charge on any atom is 0.275 e. The summed E-state index contributed by atoms with van der Waals surface area (Å²) in [5, 5.41) is 33.9. The summed E-state index contributed by atoms with van der Waals surface area (Å²) in [6, 6.07) is 31.5. The highest BCUT2D eigenvalue weighted by atomic mass is 19.1. The third kappa shape index (κ3) is 6.14. The molecule has 1 heterocycles. The van der Waals surface area contributed by atoms with Gasteiger partial charge in [-0.05, 0) is 80.1 Å². The zero-order valence-corrected chi connectivity index (χ0v) is 25.3. The number of hydrogen-bond acceptors (Lipinski definition) is 8. The molecule has 0 aromatic heterocycles. The Hall–Kier alpha value is -5.65. The maximum atomic E-state index is 14.9. The number of hydrogen-bond donors (Lipinski definition) is 1. The molecular formula is C36H29FN2O8. The molecule has 5 aromatic rings. The molecule has 2 atom stereocenters. The van der Waals surface area contributed by atoms with Crippen LogP contribution in [-0.2, 0) is 20.9 Å². The van der Waals surface area contributed by atoms with Crippen molar-refractivity contribution < 1.29 is 33.6 Å². The number of alkyl halides is 1. The lowest BCUT2D eigenvalue weighted by Gasteiger charge is -2.30. The van der Waals surface area contributed by atoms with Crippen LogP contribution in [0.15, 0.2) is 121 Å². The molecule has 238 valence electrons. The number of halogens is 1. The summed E-state index contributed by atoms with van der Waals surface area (Å²) in [6.45, 7) is 2.87. The van der Waals surface area contributed by atoms with Crippen LogP contribution in [0, 0.1) is 20.2 Å². The van der Waals surface area contributed by atoms with Crippen LogP contribution in [0.4, 0.5) is 15.8 Å². The molecule has 1 N–H and O–H groups in total. The van der Waals surface area contributed by atoms with Crippen molar-refractivity contribution in [2.45, 2.75) is 37.5 Å². The lowest BCUT2D eigenvalue weighted by atomic mass is 9.93. The maximum absolute atomic E-state index is 14.9. The topological polar surface area (TPSA) is 134 Å². The molecular weight excluding hydrogens is 607 g/mol. The van der Waals surface area contributed by atoms with E-state index in [0.29, 0.717) is 28.2 Å². The fourth-order valence-corrected chi connectivity index (χ4v) is 5.67. The quantitative estimate of drug-likeness (QED) is 0.125. The largest absolute Gasteiger partial charge is 0.508 e. The first-order chi connectivity index (χ1) is 22.5. The van der Waals surface area contributed by atoms with E-state index in [1.54, 1.807) is 72.8 Å². The summed E-state index contributed by atoms with van der Waals surface area (Å²) >= 11 is 0. The van der Waals surface area contributed by atoms with Crippen LogP contribution in [0.1, 0.15) is 53.9 Å². The van der Waals surface area contributed by atoms with Gasteiger partial charge in [0.25, 0.3) is 11.4 Å². The van der Waals surface area contributed by atoms with Crippen molar-refractivity contribution in [1.29, 1.82) is 0 Å². The number of para-hydroxylation sites is 2. The van der Waals surface area contributed by atoms with Gasteiger partial charge in [0, 0.05) is 23.3 Å². The van der Waals surface area contributed by atoms with E-state index in [0.717, 1.165) is 0 Å². The van der Waals surface area contributed by atoms with Gasteiger partial charge in [-0.15, -0.1) is 0 Å². The molecule has 0 spiro atoms.